The first kappa shape index (κ1) is 30.3. The quantitative estimate of drug-likeness (QED) is 0.160. The molecule has 1 nitrogen and oxygen atoms in total. The van der Waals surface area contributed by atoms with E-state index in [0.717, 1.165) is 12.8 Å². The van der Waals surface area contributed by atoms with Gasteiger partial charge in [0.15, 0.2) is 0 Å². The monoisotopic (exact) mass is 721 g/mol. The van der Waals surface area contributed by atoms with Crippen LogP contribution in [0.1, 0.15) is 45.7 Å². The van der Waals surface area contributed by atoms with E-state index in [1.165, 1.54) is 127 Å². The molecule has 0 saturated carbocycles. The standard InChI is InChI=1S/C56H35N/c1-2-6-39-29-44(22-17-32(39)5-1)57-49-30-42(45-23-18-37-13-11-33-7-3-9-35-20-25-47(45)53(37)51(33)35)27-40-15-16-41-28-43(31-50(57)56(41)55(40)49)46-24-19-38-14-12-34-8-4-10-36-21-26-48(46)54(38)52(34)36/h1-7,9-13,15-31,35,51H,8,14H2. The van der Waals surface area contributed by atoms with E-state index in [4.69, 9.17) is 0 Å². The van der Waals surface area contributed by atoms with Crippen LogP contribution in [-0.4, -0.2) is 4.57 Å². The van der Waals surface area contributed by atoms with Crippen LogP contribution in [0, 0.1) is 5.92 Å². The zero-order valence-electron chi connectivity index (χ0n) is 31.3. The Hall–Kier alpha value is -6.96. The second-order valence-electron chi connectivity index (χ2n) is 16.7. The molecule has 0 bridgehead atoms. The molecular weight excluding hydrogens is 687 g/mol. The van der Waals surface area contributed by atoms with E-state index >= 15 is 0 Å². The Balaban J connectivity index is 1.06. The normalized spacial score (nSPS) is 18.3. The van der Waals surface area contributed by atoms with Gasteiger partial charge in [-0.25, -0.2) is 0 Å². The van der Waals surface area contributed by atoms with Gasteiger partial charge >= 0.3 is 0 Å². The molecule has 57 heavy (non-hydrogen) atoms. The summed E-state index contributed by atoms with van der Waals surface area (Å²) in [6.07, 6.45) is 25.5. The molecule has 1 heterocycles. The minimum Gasteiger partial charge on any atom is -0.309 e. The SMILES string of the molecule is C1=CC2C=Cc3c(-c4cc5ccc6cc(-c7ccc8c9c%10c(ccc79)C=CCC%10=CC8)cc7c6c5c(c4)n7-c4ccc5ccccc5c4)ccc4c3C2C(=C1)C=C4. The van der Waals surface area contributed by atoms with E-state index in [0.29, 0.717) is 11.8 Å². The third-order valence-electron chi connectivity index (χ3n) is 13.8. The third kappa shape index (κ3) is 4.03. The minimum absolute atomic E-state index is 0.380. The number of benzene rings is 8. The smallest absolute Gasteiger partial charge is 0.0553 e. The van der Waals surface area contributed by atoms with Crippen molar-refractivity contribution < 1.29 is 0 Å². The molecule has 0 aliphatic heterocycles. The lowest BCUT2D eigenvalue weighted by Gasteiger charge is -2.36. The highest BCUT2D eigenvalue weighted by Crippen LogP contribution is 2.51. The number of rotatable bonds is 3. The van der Waals surface area contributed by atoms with Gasteiger partial charge in [-0.15, -0.1) is 0 Å². The predicted octanol–water partition coefficient (Wildman–Crippen LogP) is 14.6. The van der Waals surface area contributed by atoms with Crippen LogP contribution in [0.25, 0.3) is 106 Å². The Labute approximate surface area is 330 Å². The number of hydrogen-bond donors (Lipinski definition) is 0. The van der Waals surface area contributed by atoms with Gasteiger partial charge in [0.05, 0.1) is 11.0 Å². The molecular formula is C56H35N. The maximum absolute atomic E-state index is 2.56. The Morgan fingerprint density at radius 2 is 1.35 bits per heavy atom. The maximum atomic E-state index is 2.56. The molecule has 5 aliphatic rings. The van der Waals surface area contributed by atoms with Crippen LogP contribution >= 0.6 is 0 Å². The van der Waals surface area contributed by atoms with Crippen molar-refractivity contribution in [1.82, 2.24) is 4.57 Å². The van der Waals surface area contributed by atoms with Crippen LogP contribution in [0.3, 0.4) is 0 Å². The van der Waals surface area contributed by atoms with Crippen molar-refractivity contribution in [2.45, 2.75) is 18.8 Å². The molecule has 1 heteroatoms. The molecule has 0 radical (unpaired) electrons. The molecule has 1 aromatic heterocycles. The highest BCUT2D eigenvalue weighted by molar-refractivity contribution is 6.26. The van der Waals surface area contributed by atoms with E-state index in [1.54, 1.807) is 0 Å². The largest absolute Gasteiger partial charge is 0.309 e. The summed E-state index contributed by atoms with van der Waals surface area (Å²) in [5.41, 5.74) is 20.1. The number of aromatic nitrogens is 1. The summed E-state index contributed by atoms with van der Waals surface area (Å²) in [6.45, 7) is 0. The molecule has 14 rings (SSSR count). The Morgan fingerprint density at radius 1 is 0.561 bits per heavy atom. The highest BCUT2D eigenvalue weighted by atomic mass is 15.0. The lowest BCUT2D eigenvalue weighted by atomic mass is 9.68. The van der Waals surface area contributed by atoms with Gasteiger partial charge in [0.25, 0.3) is 0 Å². The van der Waals surface area contributed by atoms with Crippen molar-refractivity contribution in [2.75, 3.05) is 0 Å². The van der Waals surface area contributed by atoms with E-state index in [9.17, 15) is 0 Å². The third-order valence-corrected chi connectivity index (χ3v) is 13.8. The average molecular weight is 722 g/mol. The molecule has 0 fully saturated rings. The molecule has 8 aromatic carbocycles. The Bertz CT molecular complexity index is 3510. The van der Waals surface area contributed by atoms with Crippen molar-refractivity contribution in [1.29, 1.82) is 0 Å². The van der Waals surface area contributed by atoms with Gasteiger partial charge in [0.1, 0.15) is 0 Å². The molecule has 264 valence electrons. The van der Waals surface area contributed by atoms with Gasteiger partial charge in [-0.3, -0.25) is 0 Å². The molecule has 9 aromatic rings. The Morgan fingerprint density at radius 3 is 2.23 bits per heavy atom. The molecule has 0 saturated heterocycles. The molecule has 2 atom stereocenters. The van der Waals surface area contributed by atoms with Gasteiger partial charge in [0.2, 0.25) is 0 Å². The first-order valence-corrected chi connectivity index (χ1v) is 20.4. The van der Waals surface area contributed by atoms with Crippen molar-refractivity contribution in [2.24, 2.45) is 5.92 Å². The second kappa shape index (κ2) is 10.9. The number of nitrogens with zero attached hydrogens (tertiary/aromatic N) is 1. The van der Waals surface area contributed by atoms with Crippen molar-refractivity contribution in [3.05, 3.63) is 197 Å². The fourth-order valence-electron chi connectivity index (χ4n) is 11.3. The van der Waals surface area contributed by atoms with Crippen LogP contribution in [0.4, 0.5) is 0 Å². The highest BCUT2D eigenvalue weighted by Gasteiger charge is 2.34. The van der Waals surface area contributed by atoms with Gasteiger partial charge in [-0.05, 0) is 148 Å². The first-order valence-electron chi connectivity index (χ1n) is 20.4. The lowest BCUT2D eigenvalue weighted by Crippen LogP contribution is -2.21. The zero-order chi connectivity index (χ0) is 36.9. The summed E-state index contributed by atoms with van der Waals surface area (Å²) < 4.78 is 2.56. The number of allylic oxidation sites excluding steroid dienone is 9. The lowest BCUT2D eigenvalue weighted by molar-refractivity contribution is 0.665. The second-order valence-corrected chi connectivity index (χ2v) is 16.7. The fraction of sp³-hybridized carbons (Fsp3) is 0.0714. The maximum Gasteiger partial charge on any atom is 0.0553 e. The molecule has 0 N–H and O–H groups in total. The molecule has 5 aliphatic carbocycles. The first-order chi connectivity index (χ1) is 28.2. The van der Waals surface area contributed by atoms with Crippen LogP contribution in [0.15, 0.2) is 163 Å². The van der Waals surface area contributed by atoms with Crippen LogP contribution in [0.2, 0.25) is 0 Å². The fourth-order valence-corrected chi connectivity index (χ4v) is 11.3. The van der Waals surface area contributed by atoms with Crippen LogP contribution in [-0.2, 0) is 6.42 Å². The van der Waals surface area contributed by atoms with Gasteiger partial charge < -0.3 is 4.57 Å². The number of hydrogen-bond acceptors (Lipinski definition) is 0. The summed E-state index contributed by atoms with van der Waals surface area (Å²) in [6, 6.07) is 44.5. The summed E-state index contributed by atoms with van der Waals surface area (Å²) in [5.74, 6) is 0.786. The van der Waals surface area contributed by atoms with Crippen LogP contribution in [0.5, 0.6) is 0 Å². The Kier molecular flexibility index (Phi) is 5.77. The molecule has 0 amide bonds. The van der Waals surface area contributed by atoms with Gasteiger partial charge in [0, 0.05) is 28.3 Å². The van der Waals surface area contributed by atoms with Gasteiger partial charge in [-0.1, -0.05) is 140 Å². The number of fused-ring (bicyclic) bond motifs is 1. The van der Waals surface area contributed by atoms with Crippen molar-refractivity contribution >= 4 is 77.9 Å². The van der Waals surface area contributed by atoms with E-state index in [1.807, 2.05) is 0 Å². The zero-order valence-corrected chi connectivity index (χ0v) is 31.3. The molecule has 0 spiro atoms. The van der Waals surface area contributed by atoms with E-state index < -0.39 is 0 Å². The van der Waals surface area contributed by atoms with Crippen LogP contribution < -0.4 is 0 Å². The summed E-state index contributed by atoms with van der Waals surface area (Å²) >= 11 is 0. The van der Waals surface area contributed by atoms with E-state index in [2.05, 4.69) is 181 Å². The summed E-state index contributed by atoms with van der Waals surface area (Å²) in [7, 11) is 0. The topological polar surface area (TPSA) is 4.93 Å². The average Bonchev–Trinajstić information content (AvgIpc) is 3.60. The van der Waals surface area contributed by atoms with Crippen molar-refractivity contribution in [3.63, 3.8) is 0 Å². The van der Waals surface area contributed by atoms with Gasteiger partial charge in [-0.2, -0.15) is 0 Å². The van der Waals surface area contributed by atoms with E-state index in [-0.39, 0.29) is 0 Å². The molecule has 2 unspecified atom stereocenters. The van der Waals surface area contributed by atoms with Crippen molar-refractivity contribution in [3.8, 4) is 27.9 Å². The minimum atomic E-state index is 0.380. The summed E-state index contributed by atoms with van der Waals surface area (Å²) in [4.78, 5) is 0. The summed E-state index contributed by atoms with van der Waals surface area (Å²) in [5, 5.41) is 10.5. The predicted molar refractivity (Wildman–Crippen MR) is 242 cm³/mol.